The van der Waals surface area contributed by atoms with E-state index >= 15 is 0 Å². The lowest BCUT2D eigenvalue weighted by molar-refractivity contribution is -0.134. The molecule has 4 nitrogen and oxygen atoms in total. The van der Waals surface area contributed by atoms with E-state index in [1.165, 1.54) is 0 Å². The monoisotopic (exact) mass is 384 g/mol. The van der Waals surface area contributed by atoms with Crippen LogP contribution < -0.4 is 0 Å². The van der Waals surface area contributed by atoms with Crippen LogP contribution in [0.2, 0.25) is 10.0 Å². The molecule has 138 valence electrons. The van der Waals surface area contributed by atoms with Gasteiger partial charge in [-0.1, -0.05) is 62.1 Å². The summed E-state index contributed by atoms with van der Waals surface area (Å²) in [5.74, 6) is 0.168. The van der Waals surface area contributed by atoms with Gasteiger partial charge in [0.05, 0.1) is 22.3 Å². The van der Waals surface area contributed by atoms with Crippen molar-refractivity contribution in [2.24, 2.45) is 10.6 Å². The number of hydrogen-bond acceptors (Lipinski definition) is 3. The molecule has 0 aromatic heterocycles. The number of halogens is 2. The van der Waals surface area contributed by atoms with Crippen molar-refractivity contribution in [3.05, 3.63) is 33.8 Å². The molecule has 1 amide bonds. The van der Waals surface area contributed by atoms with Gasteiger partial charge in [0.15, 0.2) is 6.10 Å². The summed E-state index contributed by atoms with van der Waals surface area (Å²) >= 11 is 12.0. The van der Waals surface area contributed by atoms with E-state index in [2.05, 4.69) is 32.9 Å². The summed E-state index contributed by atoms with van der Waals surface area (Å²) in [5.41, 5.74) is 1.71. The highest BCUT2D eigenvalue weighted by Gasteiger charge is 2.28. The van der Waals surface area contributed by atoms with Crippen LogP contribution in [0.4, 0.5) is 0 Å². The molecule has 0 spiro atoms. The summed E-state index contributed by atoms with van der Waals surface area (Å²) in [6, 6.07) is 5.43. The SMILES string of the molecule is CCCN(CC1CC(c2ccc(Cl)c(Cl)c2)=NO1)C(=O)CC(C)(C)C. The Morgan fingerprint density at radius 3 is 2.64 bits per heavy atom. The minimum Gasteiger partial charge on any atom is -0.390 e. The first kappa shape index (κ1) is 20.1. The Kier molecular flexibility index (Phi) is 6.75. The molecule has 1 atom stereocenters. The molecular weight excluding hydrogens is 359 g/mol. The molecule has 2 rings (SSSR count). The number of carbonyl (C=O) groups is 1. The summed E-state index contributed by atoms with van der Waals surface area (Å²) in [4.78, 5) is 20.0. The van der Waals surface area contributed by atoms with Crippen LogP contribution in [-0.4, -0.2) is 35.7 Å². The number of rotatable bonds is 6. The minimum atomic E-state index is -0.125. The fourth-order valence-corrected chi connectivity index (χ4v) is 3.07. The Morgan fingerprint density at radius 1 is 1.32 bits per heavy atom. The lowest BCUT2D eigenvalue weighted by Gasteiger charge is -2.27. The molecule has 25 heavy (non-hydrogen) atoms. The predicted octanol–water partition coefficient (Wildman–Crippen LogP) is 5.16. The Hall–Kier alpha value is -1.26. The number of amides is 1. The normalized spacial score (nSPS) is 17.2. The lowest BCUT2D eigenvalue weighted by atomic mass is 9.91. The fourth-order valence-electron chi connectivity index (χ4n) is 2.77. The Labute approximate surface area is 160 Å². The summed E-state index contributed by atoms with van der Waals surface area (Å²) in [5, 5.41) is 5.20. The summed E-state index contributed by atoms with van der Waals surface area (Å²) < 4.78 is 0. The van der Waals surface area contributed by atoms with E-state index in [9.17, 15) is 4.79 Å². The van der Waals surface area contributed by atoms with E-state index in [0.29, 0.717) is 29.4 Å². The maximum absolute atomic E-state index is 12.6. The van der Waals surface area contributed by atoms with Gasteiger partial charge in [-0.2, -0.15) is 0 Å². The smallest absolute Gasteiger partial charge is 0.223 e. The number of benzene rings is 1. The number of hydrogen-bond donors (Lipinski definition) is 0. The third kappa shape index (κ3) is 5.89. The van der Waals surface area contributed by atoms with Gasteiger partial charge in [0.2, 0.25) is 5.91 Å². The van der Waals surface area contributed by atoms with Crippen molar-refractivity contribution in [2.45, 2.75) is 53.1 Å². The second-order valence-corrected chi connectivity index (χ2v) is 8.49. The van der Waals surface area contributed by atoms with Crippen LogP contribution in [0, 0.1) is 5.41 Å². The molecule has 1 heterocycles. The molecule has 0 bridgehead atoms. The Bertz CT molecular complexity index is 653. The first-order valence-electron chi connectivity index (χ1n) is 8.65. The summed E-state index contributed by atoms with van der Waals surface area (Å²) in [6.07, 6.45) is 1.98. The standard InChI is InChI=1S/C19H26Cl2N2O2/c1-5-8-23(18(24)11-19(2,3)4)12-14-10-17(22-25-14)13-6-7-15(20)16(21)9-13/h6-7,9,14H,5,8,10-12H2,1-4H3. The molecule has 0 radical (unpaired) electrons. The van der Waals surface area contributed by atoms with Gasteiger partial charge < -0.3 is 9.74 Å². The second kappa shape index (κ2) is 8.41. The van der Waals surface area contributed by atoms with Gasteiger partial charge in [-0.25, -0.2) is 0 Å². The van der Waals surface area contributed by atoms with Crippen molar-refractivity contribution in [2.75, 3.05) is 13.1 Å². The molecule has 0 saturated carbocycles. The molecule has 0 saturated heterocycles. The number of oxime groups is 1. The first-order valence-corrected chi connectivity index (χ1v) is 9.41. The molecule has 0 fully saturated rings. The van der Waals surface area contributed by atoms with Crippen molar-refractivity contribution in [3.8, 4) is 0 Å². The minimum absolute atomic E-state index is 0.0265. The van der Waals surface area contributed by atoms with Crippen LogP contribution in [0.3, 0.4) is 0 Å². The maximum Gasteiger partial charge on any atom is 0.223 e. The lowest BCUT2D eigenvalue weighted by Crippen LogP contribution is -2.39. The quantitative estimate of drug-likeness (QED) is 0.679. The van der Waals surface area contributed by atoms with Crippen molar-refractivity contribution in [1.82, 2.24) is 4.90 Å². The molecule has 1 unspecified atom stereocenters. The molecule has 1 aromatic carbocycles. The third-order valence-corrected chi connectivity index (χ3v) is 4.68. The molecule has 1 aromatic rings. The Morgan fingerprint density at radius 2 is 2.04 bits per heavy atom. The van der Waals surface area contributed by atoms with Gasteiger partial charge in [-0.15, -0.1) is 0 Å². The van der Waals surface area contributed by atoms with E-state index in [1.807, 2.05) is 11.0 Å². The number of carbonyl (C=O) groups excluding carboxylic acids is 1. The highest BCUT2D eigenvalue weighted by atomic mass is 35.5. The van der Waals surface area contributed by atoms with Gasteiger partial charge in [0.25, 0.3) is 0 Å². The van der Waals surface area contributed by atoms with Crippen LogP contribution in [0.5, 0.6) is 0 Å². The molecule has 6 heteroatoms. The zero-order valence-corrected chi connectivity index (χ0v) is 16.8. The van der Waals surface area contributed by atoms with Crippen LogP contribution in [0.15, 0.2) is 23.4 Å². The fraction of sp³-hybridized carbons (Fsp3) is 0.579. The molecule has 1 aliphatic heterocycles. The first-order chi connectivity index (χ1) is 11.7. The second-order valence-electron chi connectivity index (χ2n) is 7.68. The van der Waals surface area contributed by atoms with Crippen LogP contribution >= 0.6 is 23.2 Å². The van der Waals surface area contributed by atoms with Crippen molar-refractivity contribution in [3.63, 3.8) is 0 Å². The van der Waals surface area contributed by atoms with Crippen LogP contribution in [-0.2, 0) is 9.63 Å². The van der Waals surface area contributed by atoms with Gasteiger partial charge in [-0.3, -0.25) is 4.79 Å². The highest BCUT2D eigenvalue weighted by molar-refractivity contribution is 6.42. The zero-order chi connectivity index (χ0) is 18.6. The van der Waals surface area contributed by atoms with E-state index in [-0.39, 0.29) is 17.4 Å². The summed E-state index contributed by atoms with van der Waals surface area (Å²) in [7, 11) is 0. The van der Waals surface area contributed by atoms with E-state index in [0.717, 1.165) is 24.2 Å². The van der Waals surface area contributed by atoms with Crippen molar-refractivity contribution < 1.29 is 9.63 Å². The van der Waals surface area contributed by atoms with Gasteiger partial charge in [0.1, 0.15) is 0 Å². The molecular formula is C19H26Cl2N2O2. The van der Waals surface area contributed by atoms with E-state index in [4.69, 9.17) is 28.0 Å². The van der Waals surface area contributed by atoms with Crippen LogP contribution in [0.1, 0.15) is 52.5 Å². The predicted molar refractivity (Wildman–Crippen MR) is 103 cm³/mol. The largest absolute Gasteiger partial charge is 0.390 e. The Balaban J connectivity index is 1.98. The van der Waals surface area contributed by atoms with Crippen molar-refractivity contribution >= 4 is 34.8 Å². The molecule has 0 N–H and O–H groups in total. The topological polar surface area (TPSA) is 41.9 Å². The average molecular weight is 385 g/mol. The van der Waals surface area contributed by atoms with Gasteiger partial charge >= 0.3 is 0 Å². The molecule has 0 aliphatic carbocycles. The number of nitrogens with zero attached hydrogens (tertiary/aromatic N) is 2. The van der Waals surface area contributed by atoms with E-state index < -0.39 is 0 Å². The third-order valence-electron chi connectivity index (χ3n) is 3.94. The highest BCUT2D eigenvalue weighted by Crippen LogP contribution is 2.26. The average Bonchev–Trinajstić information content (AvgIpc) is 2.96. The van der Waals surface area contributed by atoms with Crippen LogP contribution in [0.25, 0.3) is 0 Å². The zero-order valence-electron chi connectivity index (χ0n) is 15.3. The van der Waals surface area contributed by atoms with Gasteiger partial charge in [0, 0.05) is 24.9 Å². The summed E-state index contributed by atoms with van der Waals surface area (Å²) in [6.45, 7) is 9.59. The van der Waals surface area contributed by atoms with Gasteiger partial charge in [-0.05, 0) is 24.0 Å². The molecule has 1 aliphatic rings. The van der Waals surface area contributed by atoms with E-state index in [1.54, 1.807) is 12.1 Å². The maximum atomic E-state index is 12.6. The van der Waals surface area contributed by atoms with Crippen molar-refractivity contribution in [1.29, 1.82) is 0 Å².